The number of anilines is 1. The molecule has 0 fully saturated rings. The van der Waals surface area contributed by atoms with Crippen LogP contribution >= 0.6 is 0 Å². The highest BCUT2D eigenvalue weighted by Gasteiger charge is 2.20. The highest BCUT2D eigenvalue weighted by atomic mass is 16.2. The molecule has 2 rings (SSSR count). The van der Waals surface area contributed by atoms with Gasteiger partial charge in [-0.25, -0.2) is 0 Å². The van der Waals surface area contributed by atoms with Crippen molar-refractivity contribution in [3.05, 3.63) is 47.3 Å². The molecule has 2 amide bonds. The van der Waals surface area contributed by atoms with Gasteiger partial charge in [0.15, 0.2) is 0 Å². The summed E-state index contributed by atoms with van der Waals surface area (Å²) < 4.78 is 1.71. The number of rotatable bonds is 5. The molecule has 1 heterocycles. The number of carbonyl (C=O) groups is 2. The second-order valence-electron chi connectivity index (χ2n) is 6.41. The summed E-state index contributed by atoms with van der Waals surface area (Å²) in [4.78, 5) is 26.3. The predicted octanol–water partition coefficient (Wildman–Crippen LogP) is 1.39. The van der Waals surface area contributed by atoms with Crippen LogP contribution in [0.25, 0.3) is 0 Å². The van der Waals surface area contributed by atoms with Crippen LogP contribution in [-0.4, -0.2) is 47.1 Å². The third-order valence-electron chi connectivity index (χ3n) is 4.04. The van der Waals surface area contributed by atoms with Gasteiger partial charge in [0, 0.05) is 31.0 Å². The van der Waals surface area contributed by atoms with Crippen LogP contribution in [0.3, 0.4) is 0 Å². The van der Waals surface area contributed by atoms with Gasteiger partial charge in [-0.05, 0) is 45.1 Å². The standard InChI is InChI=1S/C18H25N5O2/c1-12-6-7-13(2)15(8-12)21-18(25)17(24)19-10-16(22(3)4)14-9-20-23(5)11-14/h6-9,11,16H,10H2,1-5H3,(H,19,24)(H,21,25)/t16-/m0/s1. The summed E-state index contributed by atoms with van der Waals surface area (Å²) in [5.74, 6) is -1.32. The zero-order chi connectivity index (χ0) is 18.6. The molecule has 1 atom stereocenters. The number of aromatic nitrogens is 2. The average molecular weight is 343 g/mol. The molecular weight excluding hydrogens is 318 g/mol. The molecule has 2 N–H and O–H groups in total. The summed E-state index contributed by atoms with van der Waals surface area (Å²) in [6, 6.07) is 5.65. The molecule has 0 aliphatic rings. The first-order valence-corrected chi connectivity index (χ1v) is 8.09. The first kappa shape index (κ1) is 18.7. The Morgan fingerprint density at radius 2 is 1.96 bits per heavy atom. The smallest absolute Gasteiger partial charge is 0.313 e. The Morgan fingerprint density at radius 3 is 2.56 bits per heavy atom. The molecule has 7 heteroatoms. The van der Waals surface area contributed by atoms with Crippen LogP contribution in [0.5, 0.6) is 0 Å². The van der Waals surface area contributed by atoms with Crippen LogP contribution < -0.4 is 10.6 Å². The predicted molar refractivity (Wildman–Crippen MR) is 97.2 cm³/mol. The van der Waals surface area contributed by atoms with Gasteiger partial charge in [0.05, 0.1) is 12.2 Å². The van der Waals surface area contributed by atoms with E-state index < -0.39 is 11.8 Å². The second kappa shape index (κ2) is 7.94. The molecule has 7 nitrogen and oxygen atoms in total. The fraction of sp³-hybridized carbons (Fsp3) is 0.389. The van der Waals surface area contributed by atoms with E-state index in [9.17, 15) is 9.59 Å². The Morgan fingerprint density at radius 1 is 1.24 bits per heavy atom. The highest BCUT2D eigenvalue weighted by Crippen LogP contribution is 2.17. The molecule has 0 unspecified atom stereocenters. The third-order valence-corrected chi connectivity index (χ3v) is 4.04. The van der Waals surface area contributed by atoms with Crippen molar-refractivity contribution in [2.75, 3.05) is 26.0 Å². The van der Waals surface area contributed by atoms with Gasteiger partial charge in [0.25, 0.3) is 0 Å². The van der Waals surface area contributed by atoms with Crippen molar-refractivity contribution in [2.45, 2.75) is 19.9 Å². The lowest BCUT2D eigenvalue weighted by molar-refractivity contribution is -0.136. The molecule has 134 valence electrons. The van der Waals surface area contributed by atoms with Gasteiger partial charge in [0.1, 0.15) is 0 Å². The van der Waals surface area contributed by atoms with Crippen LogP contribution in [0.1, 0.15) is 22.7 Å². The molecule has 0 bridgehead atoms. The largest absolute Gasteiger partial charge is 0.346 e. The van der Waals surface area contributed by atoms with Crippen LogP contribution in [0, 0.1) is 13.8 Å². The minimum Gasteiger partial charge on any atom is -0.346 e. The van der Waals surface area contributed by atoms with Crippen molar-refractivity contribution in [2.24, 2.45) is 7.05 Å². The number of likely N-dealkylation sites (N-methyl/N-ethyl adjacent to an activating group) is 1. The maximum atomic E-state index is 12.1. The number of hydrogen-bond acceptors (Lipinski definition) is 4. The normalized spacial score (nSPS) is 12.1. The van der Waals surface area contributed by atoms with Crippen molar-refractivity contribution in [1.82, 2.24) is 20.0 Å². The van der Waals surface area contributed by atoms with E-state index in [0.717, 1.165) is 16.7 Å². The lowest BCUT2D eigenvalue weighted by Crippen LogP contribution is -2.40. The first-order chi connectivity index (χ1) is 11.8. The zero-order valence-corrected chi connectivity index (χ0v) is 15.3. The summed E-state index contributed by atoms with van der Waals surface area (Å²) in [6.45, 7) is 4.14. The van der Waals surface area contributed by atoms with Gasteiger partial charge in [-0.2, -0.15) is 5.10 Å². The molecule has 0 saturated heterocycles. The summed E-state index contributed by atoms with van der Waals surface area (Å²) in [7, 11) is 5.67. The highest BCUT2D eigenvalue weighted by molar-refractivity contribution is 6.39. The molecule has 0 saturated carbocycles. The third kappa shape index (κ3) is 4.90. The SMILES string of the molecule is Cc1ccc(C)c(NC(=O)C(=O)NC[C@@H](c2cnn(C)c2)N(C)C)c1. The Balaban J connectivity index is 1.98. The van der Waals surface area contributed by atoms with E-state index in [2.05, 4.69) is 15.7 Å². The summed E-state index contributed by atoms with van der Waals surface area (Å²) >= 11 is 0. The minimum absolute atomic E-state index is 0.0637. The van der Waals surface area contributed by atoms with Gasteiger partial charge < -0.3 is 15.5 Å². The minimum atomic E-state index is -0.669. The summed E-state index contributed by atoms with van der Waals surface area (Å²) in [6.07, 6.45) is 3.65. The Bertz CT molecular complexity index is 767. The van der Waals surface area contributed by atoms with Crippen molar-refractivity contribution < 1.29 is 9.59 Å². The van der Waals surface area contributed by atoms with E-state index in [4.69, 9.17) is 0 Å². The lowest BCUT2D eigenvalue weighted by atomic mass is 10.1. The summed E-state index contributed by atoms with van der Waals surface area (Å²) in [5.41, 5.74) is 3.55. The van der Waals surface area contributed by atoms with Crippen LogP contribution in [0.15, 0.2) is 30.6 Å². The number of carbonyl (C=O) groups excluding carboxylic acids is 2. The summed E-state index contributed by atoms with van der Waals surface area (Å²) in [5, 5.41) is 9.52. The van der Waals surface area contributed by atoms with E-state index in [1.54, 1.807) is 10.9 Å². The van der Waals surface area contributed by atoms with E-state index >= 15 is 0 Å². The van der Waals surface area contributed by atoms with Crippen molar-refractivity contribution in [1.29, 1.82) is 0 Å². The number of hydrogen-bond donors (Lipinski definition) is 2. The van der Waals surface area contributed by atoms with Crippen molar-refractivity contribution in [3.63, 3.8) is 0 Å². The van der Waals surface area contributed by atoms with E-state index in [1.165, 1.54) is 0 Å². The van der Waals surface area contributed by atoms with Crippen LogP contribution in [0.4, 0.5) is 5.69 Å². The molecule has 0 spiro atoms. The molecule has 25 heavy (non-hydrogen) atoms. The molecule has 1 aromatic heterocycles. The molecule has 1 aromatic carbocycles. The molecular formula is C18H25N5O2. The van der Waals surface area contributed by atoms with Gasteiger partial charge in [-0.3, -0.25) is 14.3 Å². The van der Waals surface area contributed by atoms with Gasteiger partial charge in [0.2, 0.25) is 0 Å². The maximum Gasteiger partial charge on any atom is 0.313 e. The maximum absolute atomic E-state index is 12.1. The number of aryl methyl sites for hydroxylation is 3. The van der Waals surface area contributed by atoms with Crippen molar-refractivity contribution >= 4 is 17.5 Å². The first-order valence-electron chi connectivity index (χ1n) is 8.09. The molecule has 2 aromatic rings. The van der Waals surface area contributed by atoms with Gasteiger partial charge in [-0.1, -0.05) is 12.1 Å². The second-order valence-corrected chi connectivity index (χ2v) is 6.41. The lowest BCUT2D eigenvalue weighted by Gasteiger charge is -2.23. The Labute approximate surface area is 148 Å². The topological polar surface area (TPSA) is 79.3 Å². The van der Waals surface area contributed by atoms with Crippen LogP contribution in [0.2, 0.25) is 0 Å². The fourth-order valence-corrected chi connectivity index (χ4v) is 2.53. The van der Waals surface area contributed by atoms with E-state index in [0.29, 0.717) is 12.2 Å². The van der Waals surface area contributed by atoms with Crippen LogP contribution in [-0.2, 0) is 16.6 Å². The number of nitrogens with one attached hydrogen (secondary N) is 2. The monoisotopic (exact) mass is 343 g/mol. The Kier molecular flexibility index (Phi) is 5.93. The van der Waals surface area contributed by atoms with Gasteiger partial charge in [-0.15, -0.1) is 0 Å². The fourth-order valence-electron chi connectivity index (χ4n) is 2.53. The quantitative estimate of drug-likeness (QED) is 0.804. The zero-order valence-electron chi connectivity index (χ0n) is 15.3. The average Bonchev–Trinajstić information content (AvgIpc) is 2.96. The van der Waals surface area contributed by atoms with Gasteiger partial charge >= 0.3 is 11.8 Å². The molecule has 0 radical (unpaired) electrons. The Hall–Kier alpha value is -2.67. The molecule has 0 aliphatic carbocycles. The van der Waals surface area contributed by atoms with E-state index in [1.807, 2.05) is 64.3 Å². The van der Waals surface area contributed by atoms with Crippen molar-refractivity contribution in [3.8, 4) is 0 Å². The molecule has 0 aliphatic heterocycles. The number of amides is 2. The number of benzene rings is 1. The number of nitrogens with zero attached hydrogens (tertiary/aromatic N) is 3. The van der Waals surface area contributed by atoms with E-state index in [-0.39, 0.29) is 6.04 Å².